The zero-order valence-corrected chi connectivity index (χ0v) is 15.6. The third-order valence-corrected chi connectivity index (χ3v) is 5.13. The van der Waals surface area contributed by atoms with Gasteiger partial charge in [-0.15, -0.1) is 0 Å². The van der Waals surface area contributed by atoms with Gasteiger partial charge < -0.3 is 24.8 Å². The molecule has 1 aromatic rings. The Morgan fingerprint density at radius 2 is 2.08 bits per heavy atom. The van der Waals surface area contributed by atoms with Crippen molar-refractivity contribution in [1.29, 1.82) is 0 Å². The summed E-state index contributed by atoms with van der Waals surface area (Å²) in [5.74, 6) is 1.49. The lowest BCUT2D eigenvalue weighted by molar-refractivity contribution is -0.123. The number of hydrogen-bond donors (Lipinski definition) is 2. The molecule has 2 aliphatic heterocycles. The van der Waals surface area contributed by atoms with E-state index in [0.29, 0.717) is 31.3 Å². The van der Waals surface area contributed by atoms with Crippen LogP contribution >= 0.6 is 0 Å². The molecule has 2 atom stereocenters. The van der Waals surface area contributed by atoms with E-state index in [1.54, 1.807) is 14.2 Å². The summed E-state index contributed by atoms with van der Waals surface area (Å²) in [4.78, 5) is 14.8. The monoisotopic (exact) mass is 363 g/mol. The third kappa shape index (κ3) is 4.47. The lowest BCUT2D eigenvalue weighted by Gasteiger charge is -2.35. The molecule has 7 nitrogen and oxygen atoms in total. The summed E-state index contributed by atoms with van der Waals surface area (Å²) in [6.45, 7) is 4.59. The first-order valence-electron chi connectivity index (χ1n) is 9.27. The Balaban J connectivity index is 1.75. The molecule has 26 heavy (non-hydrogen) atoms. The molecular weight excluding hydrogens is 334 g/mol. The SMILES string of the molecule is COc1ccc(C(CNC(=O)C2CCCN2)N2CCOCC2)cc1OC. The fraction of sp³-hybridized carbons (Fsp3) is 0.632. The Hall–Kier alpha value is -1.83. The fourth-order valence-electron chi connectivity index (χ4n) is 3.64. The average Bonchev–Trinajstić information content (AvgIpc) is 3.23. The molecule has 7 heteroatoms. The lowest BCUT2D eigenvalue weighted by atomic mass is 10.0. The van der Waals surface area contributed by atoms with Crippen molar-refractivity contribution in [2.45, 2.75) is 24.9 Å². The first-order valence-corrected chi connectivity index (χ1v) is 9.27. The van der Waals surface area contributed by atoms with Crippen molar-refractivity contribution in [2.24, 2.45) is 0 Å². The molecule has 1 aromatic carbocycles. The Morgan fingerprint density at radius 1 is 1.31 bits per heavy atom. The van der Waals surface area contributed by atoms with Gasteiger partial charge in [-0.05, 0) is 37.1 Å². The number of nitrogens with one attached hydrogen (secondary N) is 2. The Kier molecular flexibility index (Phi) is 6.71. The molecule has 2 heterocycles. The topological polar surface area (TPSA) is 72.1 Å². The van der Waals surface area contributed by atoms with Gasteiger partial charge in [-0.3, -0.25) is 9.69 Å². The zero-order valence-electron chi connectivity index (χ0n) is 15.6. The van der Waals surface area contributed by atoms with Crippen LogP contribution in [0.5, 0.6) is 11.5 Å². The molecule has 144 valence electrons. The highest BCUT2D eigenvalue weighted by Gasteiger charge is 2.27. The second-order valence-corrected chi connectivity index (χ2v) is 6.67. The van der Waals surface area contributed by atoms with Crippen molar-refractivity contribution in [2.75, 3.05) is 53.6 Å². The van der Waals surface area contributed by atoms with Crippen LogP contribution in [0.1, 0.15) is 24.4 Å². The summed E-state index contributed by atoms with van der Waals surface area (Å²) < 4.78 is 16.3. The molecule has 2 unspecified atom stereocenters. The molecule has 2 aliphatic rings. The van der Waals surface area contributed by atoms with E-state index in [4.69, 9.17) is 14.2 Å². The summed E-state index contributed by atoms with van der Waals surface area (Å²) in [6.07, 6.45) is 1.96. The number of rotatable bonds is 7. The van der Waals surface area contributed by atoms with E-state index in [-0.39, 0.29) is 18.0 Å². The molecule has 2 fully saturated rings. The van der Waals surface area contributed by atoms with Crippen LogP contribution in [0.4, 0.5) is 0 Å². The van der Waals surface area contributed by atoms with Crippen LogP contribution in [0.25, 0.3) is 0 Å². The van der Waals surface area contributed by atoms with E-state index < -0.39 is 0 Å². The normalized spacial score (nSPS) is 22.0. The summed E-state index contributed by atoms with van der Waals surface area (Å²) in [5, 5.41) is 6.38. The van der Waals surface area contributed by atoms with E-state index in [9.17, 15) is 4.79 Å². The van der Waals surface area contributed by atoms with Gasteiger partial charge in [-0.1, -0.05) is 6.07 Å². The quantitative estimate of drug-likeness (QED) is 0.751. The Labute approximate surface area is 155 Å². The van der Waals surface area contributed by atoms with Gasteiger partial charge in [0.05, 0.1) is 39.5 Å². The van der Waals surface area contributed by atoms with Gasteiger partial charge >= 0.3 is 0 Å². The third-order valence-electron chi connectivity index (χ3n) is 5.13. The van der Waals surface area contributed by atoms with Crippen molar-refractivity contribution in [3.05, 3.63) is 23.8 Å². The van der Waals surface area contributed by atoms with Gasteiger partial charge in [0, 0.05) is 19.6 Å². The number of hydrogen-bond acceptors (Lipinski definition) is 6. The van der Waals surface area contributed by atoms with Crippen molar-refractivity contribution >= 4 is 5.91 Å². The van der Waals surface area contributed by atoms with Crippen molar-refractivity contribution < 1.29 is 19.0 Å². The number of amides is 1. The smallest absolute Gasteiger partial charge is 0.237 e. The van der Waals surface area contributed by atoms with Crippen molar-refractivity contribution in [1.82, 2.24) is 15.5 Å². The van der Waals surface area contributed by atoms with Gasteiger partial charge in [0.15, 0.2) is 11.5 Å². The maximum absolute atomic E-state index is 12.4. The minimum atomic E-state index is -0.0641. The van der Waals surface area contributed by atoms with E-state index in [1.807, 2.05) is 18.2 Å². The molecule has 2 N–H and O–H groups in total. The minimum Gasteiger partial charge on any atom is -0.493 e. The standard InChI is InChI=1S/C19H29N3O4/c1-24-17-6-5-14(12-18(17)25-2)16(22-8-10-26-11-9-22)13-21-19(23)15-4-3-7-20-15/h5-6,12,15-16,20H,3-4,7-11,13H2,1-2H3,(H,21,23). The predicted octanol–water partition coefficient (Wildman–Crippen LogP) is 0.945. The van der Waals surface area contributed by atoms with Crippen molar-refractivity contribution in [3.63, 3.8) is 0 Å². The maximum Gasteiger partial charge on any atom is 0.237 e. The van der Waals surface area contributed by atoms with Gasteiger partial charge in [0.25, 0.3) is 0 Å². The number of carbonyl (C=O) groups is 1. The number of morpholine rings is 1. The molecule has 2 saturated heterocycles. The Morgan fingerprint density at radius 3 is 2.73 bits per heavy atom. The second-order valence-electron chi connectivity index (χ2n) is 6.67. The molecule has 1 amide bonds. The maximum atomic E-state index is 12.4. The van der Waals surface area contributed by atoms with E-state index in [0.717, 1.165) is 38.0 Å². The first-order chi connectivity index (χ1) is 12.7. The van der Waals surface area contributed by atoms with Crippen LogP contribution in [0.2, 0.25) is 0 Å². The minimum absolute atomic E-state index is 0.0641. The first kappa shape index (κ1) is 18.9. The molecule has 0 saturated carbocycles. The summed E-state index contributed by atoms with van der Waals surface area (Å²) in [5.41, 5.74) is 1.10. The highest BCUT2D eigenvalue weighted by molar-refractivity contribution is 5.82. The molecular formula is C19H29N3O4. The van der Waals surface area contributed by atoms with Crippen LogP contribution < -0.4 is 20.1 Å². The number of benzene rings is 1. The molecule has 0 spiro atoms. The number of ether oxygens (including phenoxy) is 3. The molecule has 0 bridgehead atoms. The van der Waals surface area contributed by atoms with E-state index in [2.05, 4.69) is 15.5 Å². The van der Waals surface area contributed by atoms with Gasteiger partial charge in [0.2, 0.25) is 5.91 Å². The van der Waals surface area contributed by atoms with E-state index >= 15 is 0 Å². The van der Waals surface area contributed by atoms with Crippen LogP contribution in [0.15, 0.2) is 18.2 Å². The predicted molar refractivity (Wildman–Crippen MR) is 98.7 cm³/mol. The van der Waals surface area contributed by atoms with Crippen LogP contribution in [0, 0.1) is 0 Å². The lowest BCUT2D eigenvalue weighted by Crippen LogP contribution is -2.47. The van der Waals surface area contributed by atoms with Gasteiger partial charge in [-0.2, -0.15) is 0 Å². The largest absolute Gasteiger partial charge is 0.493 e. The number of methoxy groups -OCH3 is 2. The molecule has 3 rings (SSSR count). The van der Waals surface area contributed by atoms with Crippen LogP contribution in [0.3, 0.4) is 0 Å². The number of nitrogens with zero attached hydrogens (tertiary/aromatic N) is 1. The average molecular weight is 363 g/mol. The highest BCUT2D eigenvalue weighted by Crippen LogP contribution is 2.32. The Bertz CT molecular complexity index is 598. The summed E-state index contributed by atoms with van der Waals surface area (Å²) in [6, 6.07) is 5.97. The van der Waals surface area contributed by atoms with Crippen LogP contribution in [-0.4, -0.2) is 70.5 Å². The van der Waals surface area contributed by atoms with Crippen molar-refractivity contribution in [3.8, 4) is 11.5 Å². The molecule has 0 aromatic heterocycles. The molecule has 0 radical (unpaired) electrons. The van der Waals surface area contributed by atoms with E-state index in [1.165, 1.54) is 0 Å². The van der Waals surface area contributed by atoms with Crippen LogP contribution in [-0.2, 0) is 9.53 Å². The fourth-order valence-corrected chi connectivity index (χ4v) is 3.64. The summed E-state index contributed by atoms with van der Waals surface area (Å²) >= 11 is 0. The second kappa shape index (κ2) is 9.21. The highest BCUT2D eigenvalue weighted by atomic mass is 16.5. The number of carbonyl (C=O) groups excluding carboxylic acids is 1. The summed E-state index contributed by atoms with van der Waals surface area (Å²) in [7, 11) is 3.27. The zero-order chi connectivity index (χ0) is 18.4. The van der Waals surface area contributed by atoms with Gasteiger partial charge in [0.1, 0.15) is 0 Å². The molecule has 0 aliphatic carbocycles. The van der Waals surface area contributed by atoms with Gasteiger partial charge in [-0.25, -0.2) is 0 Å².